The Hall–Kier alpha value is -0.740. The number of benzene rings is 1. The predicted octanol–water partition coefficient (Wildman–Crippen LogP) is 3.05. The summed E-state index contributed by atoms with van der Waals surface area (Å²) in [4.78, 5) is 14.1. The van der Waals surface area contributed by atoms with Gasteiger partial charge in [-0.05, 0) is 31.0 Å². The number of phenolic OH excluding ortho intramolecular Hbond substituents is 1. The van der Waals surface area contributed by atoms with E-state index in [1.807, 2.05) is 0 Å². The standard InChI is InChI=1S/C12H13BrClNO2/c13-5-6-15(9-2-3-9)12(17)10-7-8(14)1-4-11(10)16/h1,4,7,9,16H,2-3,5-6H2. The van der Waals surface area contributed by atoms with Gasteiger partial charge in [-0.25, -0.2) is 0 Å². The van der Waals surface area contributed by atoms with Crippen LogP contribution in [0, 0.1) is 0 Å². The quantitative estimate of drug-likeness (QED) is 0.867. The van der Waals surface area contributed by atoms with Gasteiger partial charge in [-0.15, -0.1) is 0 Å². The molecule has 1 fully saturated rings. The molecular weight excluding hydrogens is 305 g/mol. The van der Waals surface area contributed by atoms with Crippen LogP contribution in [0.5, 0.6) is 5.75 Å². The summed E-state index contributed by atoms with van der Waals surface area (Å²) in [5, 5.41) is 10.9. The topological polar surface area (TPSA) is 40.5 Å². The highest BCUT2D eigenvalue weighted by Crippen LogP contribution is 2.30. The van der Waals surface area contributed by atoms with Gasteiger partial charge in [0, 0.05) is 22.9 Å². The maximum Gasteiger partial charge on any atom is 0.257 e. The number of hydrogen-bond acceptors (Lipinski definition) is 2. The predicted molar refractivity (Wildman–Crippen MR) is 71.0 cm³/mol. The summed E-state index contributed by atoms with van der Waals surface area (Å²) in [6, 6.07) is 4.86. The second kappa shape index (κ2) is 5.27. The first kappa shape index (κ1) is 12.7. The summed E-state index contributed by atoms with van der Waals surface area (Å²) >= 11 is 9.18. The first-order valence-electron chi connectivity index (χ1n) is 5.49. The molecule has 1 aromatic rings. The summed E-state index contributed by atoms with van der Waals surface area (Å²) in [5.74, 6) is -0.161. The molecule has 0 heterocycles. The molecule has 1 saturated carbocycles. The lowest BCUT2D eigenvalue weighted by Crippen LogP contribution is -2.34. The van der Waals surface area contributed by atoms with Crippen molar-refractivity contribution in [3.05, 3.63) is 28.8 Å². The monoisotopic (exact) mass is 317 g/mol. The highest BCUT2D eigenvalue weighted by molar-refractivity contribution is 9.09. The molecule has 0 spiro atoms. The number of amides is 1. The molecule has 1 aromatic carbocycles. The van der Waals surface area contributed by atoms with Gasteiger partial charge >= 0.3 is 0 Å². The van der Waals surface area contributed by atoms with Crippen molar-refractivity contribution >= 4 is 33.4 Å². The Labute approximate surface area is 114 Å². The van der Waals surface area contributed by atoms with E-state index in [1.54, 1.807) is 11.0 Å². The molecule has 2 rings (SSSR count). The fourth-order valence-corrected chi connectivity index (χ4v) is 2.32. The summed E-state index contributed by atoms with van der Waals surface area (Å²) in [6.07, 6.45) is 2.08. The fourth-order valence-electron chi connectivity index (χ4n) is 1.76. The van der Waals surface area contributed by atoms with Crippen LogP contribution in [0.1, 0.15) is 23.2 Å². The largest absolute Gasteiger partial charge is 0.507 e. The van der Waals surface area contributed by atoms with Crippen molar-refractivity contribution in [2.75, 3.05) is 11.9 Å². The molecule has 5 heteroatoms. The van der Waals surface area contributed by atoms with E-state index in [2.05, 4.69) is 15.9 Å². The Morgan fingerprint density at radius 2 is 2.24 bits per heavy atom. The maximum absolute atomic E-state index is 12.3. The van der Waals surface area contributed by atoms with Crippen LogP contribution in [0.25, 0.3) is 0 Å². The zero-order chi connectivity index (χ0) is 12.4. The van der Waals surface area contributed by atoms with Crippen molar-refractivity contribution < 1.29 is 9.90 Å². The molecule has 0 aliphatic heterocycles. The van der Waals surface area contributed by atoms with Gasteiger partial charge in [0.15, 0.2) is 0 Å². The third-order valence-corrected chi connectivity index (χ3v) is 3.35. The average Bonchev–Trinajstić information content (AvgIpc) is 3.12. The summed E-state index contributed by atoms with van der Waals surface area (Å²) in [6.45, 7) is 0.648. The van der Waals surface area contributed by atoms with Gasteiger partial charge in [0.05, 0.1) is 5.56 Å². The molecule has 1 aliphatic carbocycles. The highest BCUT2D eigenvalue weighted by atomic mass is 79.9. The van der Waals surface area contributed by atoms with Gasteiger partial charge in [-0.3, -0.25) is 4.79 Å². The lowest BCUT2D eigenvalue weighted by molar-refractivity contribution is 0.0751. The minimum absolute atomic E-state index is 0.0142. The van der Waals surface area contributed by atoms with Crippen LogP contribution in [0.15, 0.2) is 18.2 Å². The Balaban J connectivity index is 2.24. The molecule has 92 valence electrons. The van der Waals surface area contributed by atoms with Gasteiger partial charge < -0.3 is 10.0 Å². The van der Waals surface area contributed by atoms with Crippen molar-refractivity contribution in [3.63, 3.8) is 0 Å². The summed E-state index contributed by atoms with van der Waals surface area (Å²) < 4.78 is 0. The van der Waals surface area contributed by atoms with Crippen LogP contribution in [-0.2, 0) is 0 Å². The van der Waals surface area contributed by atoms with E-state index in [-0.39, 0.29) is 17.2 Å². The SMILES string of the molecule is O=C(c1cc(Cl)ccc1O)N(CCBr)C1CC1. The molecule has 0 atom stereocenters. The molecule has 0 unspecified atom stereocenters. The highest BCUT2D eigenvalue weighted by Gasteiger charge is 2.33. The van der Waals surface area contributed by atoms with E-state index >= 15 is 0 Å². The molecule has 0 aromatic heterocycles. The van der Waals surface area contributed by atoms with E-state index in [0.717, 1.165) is 18.2 Å². The van der Waals surface area contributed by atoms with Crippen LogP contribution >= 0.6 is 27.5 Å². The molecule has 0 saturated heterocycles. The minimum atomic E-state index is -0.146. The van der Waals surface area contributed by atoms with Crippen LogP contribution in [0.2, 0.25) is 5.02 Å². The number of carbonyl (C=O) groups is 1. The van der Waals surface area contributed by atoms with Gasteiger partial charge in [-0.2, -0.15) is 0 Å². The van der Waals surface area contributed by atoms with Crippen molar-refractivity contribution in [2.24, 2.45) is 0 Å². The van der Waals surface area contributed by atoms with Crippen molar-refractivity contribution in [1.82, 2.24) is 4.90 Å². The molecule has 17 heavy (non-hydrogen) atoms. The maximum atomic E-state index is 12.3. The third-order valence-electron chi connectivity index (χ3n) is 2.76. The van der Waals surface area contributed by atoms with Crippen molar-refractivity contribution in [1.29, 1.82) is 0 Å². The number of alkyl halides is 1. The molecule has 3 nitrogen and oxygen atoms in total. The van der Waals surface area contributed by atoms with Gasteiger partial charge in [-0.1, -0.05) is 27.5 Å². The molecule has 1 N–H and O–H groups in total. The Kier molecular flexibility index (Phi) is 3.94. The Morgan fingerprint density at radius 1 is 1.53 bits per heavy atom. The zero-order valence-electron chi connectivity index (χ0n) is 9.20. The molecule has 1 amide bonds. The number of aromatic hydroxyl groups is 1. The van der Waals surface area contributed by atoms with E-state index in [1.165, 1.54) is 12.1 Å². The summed E-state index contributed by atoms with van der Waals surface area (Å²) in [5.41, 5.74) is 0.283. The van der Waals surface area contributed by atoms with E-state index < -0.39 is 0 Å². The van der Waals surface area contributed by atoms with Gasteiger partial charge in [0.2, 0.25) is 0 Å². The lowest BCUT2D eigenvalue weighted by atomic mass is 10.1. The lowest BCUT2D eigenvalue weighted by Gasteiger charge is -2.21. The normalized spacial score (nSPS) is 14.7. The van der Waals surface area contributed by atoms with Crippen LogP contribution in [-0.4, -0.2) is 33.8 Å². The Morgan fingerprint density at radius 3 is 2.82 bits per heavy atom. The first-order valence-corrected chi connectivity index (χ1v) is 6.99. The Bertz CT molecular complexity index is 435. The number of halogens is 2. The number of hydrogen-bond donors (Lipinski definition) is 1. The molecule has 1 aliphatic rings. The number of carbonyl (C=O) groups excluding carboxylic acids is 1. The number of nitrogens with zero attached hydrogens (tertiary/aromatic N) is 1. The smallest absolute Gasteiger partial charge is 0.257 e. The molecule has 0 radical (unpaired) electrons. The minimum Gasteiger partial charge on any atom is -0.507 e. The summed E-state index contributed by atoms with van der Waals surface area (Å²) in [7, 11) is 0. The van der Waals surface area contributed by atoms with Gasteiger partial charge in [0.1, 0.15) is 5.75 Å². The average molecular weight is 319 g/mol. The fraction of sp³-hybridized carbons (Fsp3) is 0.417. The van der Waals surface area contributed by atoms with E-state index in [9.17, 15) is 9.90 Å². The second-order valence-electron chi connectivity index (χ2n) is 4.08. The number of phenols is 1. The number of rotatable bonds is 4. The third kappa shape index (κ3) is 2.93. The van der Waals surface area contributed by atoms with Crippen molar-refractivity contribution in [2.45, 2.75) is 18.9 Å². The first-order chi connectivity index (χ1) is 8.13. The van der Waals surface area contributed by atoms with Gasteiger partial charge in [0.25, 0.3) is 5.91 Å². The zero-order valence-corrected chi connectivity index (χ0v) is 11.5. The van der Waals surface area contributed by atoms with E-state index in [4.69, 9.17) is 11.6 Å². The van der Waals surface area contributed by atoms with E-state index in [0.29, 0.717) is 17.6 Å². The molecule has 0 bridgehead atoms. The second-order valence-corrected chi connectivity index (χ2v) is 5.31. The van der Waals surface area contributed by atoms with Crippen molar-refractivity contribution in [3.8, 4) is 5.75 Å². The van der Waals surface area contributed by atoms with Crippen LogP contribution < -0.4 is 0 Å². The van der Waals surface area contributed by atoms with Crippen LogP contribution in [0.4, 0.5) is 0 Å². The molecular formula is C12H13BrClNO2. The van der Waals surface area contributed by atoms with Crippen LogP contribution in [0.3, 0.4) is 0 Å².